The Kier molecular flexibility index (Phi) is 8.70. The van der Waals surface area contributed by atoms with E-state index in [0.29, 0.717) is 41.6 Å². The fraction of sp³-hybridized carbons (Fsp3) is 0.586. The van der Waals surface area contributed by atoms with E-state index in [1.165, 1.54) is 0 Å². The number of nitrogens with zero attached hydrogens (tertiary/aromatic N) is 5. The number of piperidine rings is 1. The highest BCUT2D eigenvalue weighted by Gasteiger charge is 2.41. The molecule has 40 heavy (non-hydrogen) atoms. The summed E-state index contributed by atoms with van der Waals surface area (Å²) in [5.74, 6) is 1.45. The van der Waals surface area contributed by atoms with E-state index in [1.807, 2.05) is 19.1 Å². The number of carbonyl (C=O) groups is 2. The summed E-state index contributed by atoms with van der Waals surface area (Å²) >= 11 is 0. The number of carbonyl (C=O) groups excluding carboxylic acids is 2. The van der Waals surface area contributed by atoms with Crippen LogP contribution in [0.4, 0.5) is 23.1 Å². The molecule has 0 spiro atoms. The number of aliphatic hydroxyl groups excluding tert-OH is 1. The molecule has 1 saturated heterocycles. The van der Waals surface area contributed by atoms with Gasteiger partial charge in [0.05, 0.1) is 31.2 Å². The molecule has 2 fully saturated rings. The molecule has 2 amide bonds. The van der Waals surface area contributed by atoms with Gasteiger partial charge in [-0.25, -0.2) is 4.98 Å². The molecule has 1 atom stereocenters. The maximum atomic E-state index is 13.3. The molecule has 216 valence electrons. The van der Waals surface area contributed by atoms with Gasteiger partial charge in [0.2, 0.25) is 11.9 Å². The summed E-state index contributed by atoms with van der Waals surface area (Å²) < 4.78 is 5.71. The zero-order chi connectivity index (χ0) is 28.2. The van der Waals surface area contributed by atoms with Crippen LogP contribution in [0, 0.1) is 0 Å². The predicted molar refractivity (Wildman–Crippen MR) is 155 cm³/mol. The molecule has 5 rings (SSSR count). The summed E-state index contributed by atoms with van der Waals surface area (Å²) in [5.41, 5.74) is 1.73. The molecule has 0 radical (unpaired) electrons. The lowest BCUT2D eigenvalue weighted by Crippen LogP contribution is -2.55. The number of hydrogen-bond donors (Lipinski definition) is 3. The number of hydrogen-bond acceptors (Lipinski definition) is 9. The number of nitrogens with one attached hydrogen (secondary N) is 2. The molecule has 2 aliphatic heterocycles. The van der Waals surface area contributed by atoms with Crippen LogP contribution in [0.25, 0.3) is 0 Å². The lowest BCUT2D eigenvalue weighted by Gasteiger charge is -2.43. The number of methoxy groups -OCH3 is 1. The van der Waals surface area contributed by atoms with Gasteiger partial charge >= 0.3 is 0 Å². The van der Waals surface area contributed by atoms with Crippen molar-refractivity contribution in [2.24, 2.45) is 0 Å². The summed E-state index contributed by atoms with van der Waals surface area (Å²) in [6, 6.07) is 5.50. The highest BCUT2D eigenvalue weighted by Crippen LogP contribution is 2.40. The molecule has 11 heteroatoms. The normalized spacial score (nSPS) is 20.5. The van der Waals surface area contributed by atoms with Gasteiger partial charge in [0.15, 0.2) is 11.6 Å². The van der Waals surface area contributed by atoms with Gasteiger partial charge in [-0.2, -0.15) is 4.98 Å². The van der Waals surface area contributed by atoms with Crippen molar-refractivity contribution in [2.45, 2.75) is 70.0 Å². The third-order valence-corrected chi connectivity index (χ3v) is 8.46. The summed E-state index contributed by atoms with van der Waals surface area (Å²) in [7, 11) is 3.33. The molecule has 1 aromatic heterocycles. The van der Waals surface area contributed by atoms with Crippen LogP contribution in [0.15, 0.2) is 24.4 Å². The second kappa shape index (κ2) is 12.4. The van der Waals surface area contributed by atoms with Crippen LogP contribution in [0.1, 0.15) is 62.2 Å². The van der Waals surface area contributed by atoms with Crippen LogP contribution in [0.5, 0.6) is 5.75 Å². The molecule has 3 aliphatic rings. The minimum atomic E-state index is -0.250. The Morgan fingerprint density at radius 3 is 2.60 bits per heavy atom. The number of benzene rings is 1. The van der Waals surface area contributed by atoms with Crippen molar-refractivity contribution in [3.05, 3.63) is 30.0 Å². The molecule has 3 heterocycles. The molecule has 1 aromatic carbocycles. The van der Waals surface area contributed by atoms with Crippen LogP contribution >= 0.6 is 0 Å². The van der Waals surface area contributed by atoms with Crippen molar-refractivity contribution in [2.75, 3.05) is 55.5 Å². The van der Waals surface area contributed by atoms with Gasteiger partial charge in [-0.15, -0.1) is 0 Å². The molecule has 11 nitrogen and oxygen atoms in total. The average Bonchev–Trinajstić information content (AvgIpc) is 3.50. The Balaban J connectivity index is 1.38. The van der Waals surface area contributed by atoms with Crippen molar-refractivity contribution < 1.29 is 19.4 Å². The van der Waals surface area contributed by atoms with E-state index in [2.05, 4.69) is 25.4 Å². The van der Waals surface area contributed by atoms with Crippen LogP contribution in [0.2, 0.25) is 0 Å². The molecule has 1 saturated carbocycles. The quantitative estimate of drug-likeness (QED) is 0.432. The van der Waals surface area contributed by atoms with E-state index >= 15 is 0 Å². The lowest BCUT2D eigenvalue weighted by molar-refractivity contribution is -0.120. The topological polar surface area (TPSA) is 123 Å². The Labute approximate surface area is 235 Å². The maximum absolute atomic E-state index is 13.3. The Morgan fingerprint density at radius 1 is 1.18 bits per heavy atom. The third-order valence-electron chi connectivity index (χ3n) is 8.46. The largest absolute Gasteiger partial charge is 0.494 e. The number of β-amino-alcohol motifs (C(OH)–C–C–N with tert-alkyl or cyclic N) is 1. The number of rotatable bonds is 9. The van der Waals surface area contributed by atoms with Gasteiger partial charge in [0.1, 0.15) is 11.7 Å². The lowest BCUT2D eigenvalue weighted by atomic mass is 10.0. The number of likely N-dealkylation sites (tertiary alicyclic amines) is 1. The summed E-state index contributed by atoms with van der Waals surface area (Å²) in [5, 5.41) is 15.6. The monoisotopic (exact) mass is 551 g/mol. The Bertz CT molecular complexity index is 1210. The van der Waals surface area contributed by atoms with Gasteiger partial charge in [-0.3, -0.25) is 9.59 Å². The van der Waals surface area contributed by atoms with Gasteiger partial charge in [-0.1, -0.05) is 25.8 Å². The summed E-state index contributed by atoms with van der Waals surface area (Å²) in [6.07, 6.45) is 8.47. The van der Waals surface area contributed by atoms with Crippen molar-refractivity contribution in [1.29, 1.82) is 0 Å². The smallest absolute Gasteiger partial charge is 0.255 e. The molecular formula is C29H41N7O4. The Hall–Kier alpha value is -3.44. The number of para-hydroxylation sites is 1. The fourth-order valence-corrected chi connectivity index (χ4v) is 6.30. The van der Waals surface area contributed by atoms with E-state index in [1.54, 1.807) is 31.3 Å². The molecule has 0 unspecified atom stereocenters. The van der Waals surface area contributed by atoms with E-state index in [9.17, 15) is 14.7 Å². The SMILES string of the molecule is CC[C@@H]1C(=O)N(C)c2cnc(Nc3cccc(C(=O)NC4CCN(CCO)CC4)c3OC)nc2N1C1CCCC1. The first kappa shape index (κ1) is 28.1. The van der Waals surface area contributed by atoms with Crippen molar-refractivity contribution in [1.82, 2.24) is 20.2 Å². The molecule has 3 N–H and O–H groups in total. The number of aromatic nitrogens is 2. The van der Waals surface area contributed by atoms with Crippen molar-refractivity contribution in [3.8, 4) is 5.75 Å². The number of ether oxygens (including phenoxy) is 1. The molecule has 0 bridgehead atoms. The number of amides is 2. The molecular weight excluding hydrogens is 510 g/mol. The molecule has 2 aromatic rings. The average molecular weight is 552 g/mol. The van der Waals surface area contributed by atoms with Crippen molar-refractivity contribution in [3.63, 3.8) is 0 Å². The van der Waals surface area contributed by atoms with Gasteiger partial charge in [0, 0.05) is 38.8 Å². The van der Waals surface area contributed by atoms with Gasteiger partial charge in [0.25, 0.3) is 5.91 Å². The standard InChI is InChI=1S/C29H41N7O4/c1-4-23-28(39)34(2)24-18-30-29(33-26(24)36(23)20-8-5-6-9-20)32-22-11-7-10-21(25(22)40-3)27(38)31-19-12-14-35(15-13-19)16-17-37/h7,10-11,18-20,23,37H,4-6,8-9,12-17H2,1-3H3,(H,31,38)(H,30,32,33)/t23-/m1/s1. The van der Waals surface area contributed by atoms with Crippen LogP contribution in [-0.2, 0) is 4.79 Å². The zero-order valence-corrected chi connectivity index (χ0v) is 23.7. The van der Waals surface area contributed by atoms with Crippen LogP contribution < -0.4 is 25.2 Å². The summed E-state index contributed by atoms with van der Waals surface area (Å²) in [6.45, 7) is 4.55. The highest BCUT2D eigenvalue weighted by molar-refractivity contribution is 6.04. The van der Waals surface area contributed by atoms with Crippen LogP contribution in [0.3, 0.4) is 0 Å². The van der Waals surface area contributed by atoms with Crippen molar-refractivity contribution >= 4 is 35.0 Å². The minimum Gasteiger partial charge on any atom is -0.494 e. The van der Waals surface area contributed by atoms with E-state index in [-0.39, 0.29) is 36.5 Å². The summed E-state index contributed by atoms with van der Waals surface area (Å²) in [4.78, 5) is 42.0. The number of likely N-dealkylation sites (N-methyl/N-ethyl adjacent to an activating group) is 1. The second-order valence-corrected chi connectivity index (χ2v) is 10.9. The zero-order valence-electron chi connectivity index (χ0n) is 23.7. The van der Waals surface area contributed by atoms with Gasteiger partial charge < -0.3 is 35.2 Å². The van der Waals surface area contributed by atoms with E-state index < -0.39 is 0 Å². The first-order valence-electron chi connectivity index (χ1n) is 14.5. The Morgan fingerprint density at radius 2 is 1.93 bits per heavy atom. The van der Waals surface area contributed by atoms with E-state index in [0.717, 1.165) is 57.4 Å². The first-order chi connectivity index (χ1) is 19.4. The number of fused-ring (bicyclic) bond motifs is 1. The highest BCUT2D eigenvalue weighted by atomic mass is 16.5. The number of aliphatic hydroxyl groups is 1. The molecule has 1 aliphatic carbocycles. The van der Waals surface area contributed by atoms with E-state index in [4.69, 9.17) is 9.72 Å². The predicted octanol–water partition coefficient (Wildman–Crippen LogP) is 2.92. The maximum Gasteiger partial charge on any atom is 0.255 e. The van der Waals surface area contributed by atoms with Crippen LogP contribution in [-0.4, -0.2) is 90.3 Å². The third kappa shape index (κ3) is 5.57. The first-order valence-corrected chi connectivity index (χ1v) is 14.5. The number of anilines is 4. The minimum absolute atomic E-state index is 0.0699. The second-order valence-electron chi connectivity index (χ2n) is 10.9. The fourth-order valence-electron chi connectivity index (χ4n) is 6.30. The van der Waals surface area contributed by atoms with Gasteiger partial charge in [-0.05, 0) is 44.2 Å².